The van der Waals surface area contributed by atoms with E-state index in [0.29, 0.717) is 11.4 Å². The van der Waals surface area contributed by atoms with Crippen molar-refractivity contribution in [3.8, 4) is 5.75 Å². The molecule has 0 unspecified atom stereocenters. The molecule has 13 heavy (non-hydrogen) atoms. The lowest BCUT2D eigenvalue weighted by molar-refractivity contribution is -0.138. The van der Waals surface area contributed by atoms with Crippen LogP contribution in [-0.2, 0) is 4.79 Å². The zero-order valence-electron chi connectivity index (χ0n) is 7.52. The molecule has 0 aliphatic heterocycles. The number of rotatable bonds is 3. The van der Waals surface area contributed by atoms with E-state index in [9.17, 15) is 4.79 Å². The minimum absolute atomic E-state index is 0.456. The van der Waals surface area contributed by atoms with Crippen LogP contribution in [0.3, 0.4) is 0 Å². The fraction of sp³-hybridized carbons (Fsp3) is 0.333. The number of ether oxygens (including phenoxy) is 1. The first-order valence-corrected chi connectivity index (χ1v) is 3.88. The van der Waals surface area contributed by atoms with E-state index < -0.39 is 11.9 Å². The number of carboxylic acids is 1. The minimum Gasteiger partial charge on any atom is -0.495 e. The van der Waals surface area contributed by atoms with Crippen molar-refractivity contribution in [2.24, 2.45) is 0 Å². The molecule has 0 aliphatic rings. The van der Waals surface area contributed by atoms with Gasteiger partial charge < -0.3 is 9.84 Å². The van der Waals surface area contributed by atoms with Crippen LogP contribution in [0.25, 0.3) is 0 Å². The zero-order chi connectivity index (χ0) is 9.84. The highest BCUT2D eigenvalue weighted by Gasteiger charge is 2.18. The van der Waals surface area contributed by atoms with Gasteiger partial charge in [0.05, 0.1) is 18.7 Å². The minimum atomic E-state index is -0.906. The Balaban J connectivity index is 3.05. The number of hydrogen-bond acceptors (Lipinski definition) is 3. The number of aliphatic carboxylic acids is 1. The summed E-state index contributed by atoms with van der Waals surface area (Å²) >= 11 is 0. The smallest absolute Gasteiger partial charge is 0.312 e. The molecular weight excluding hydrogens is 170 g/mol. The van der Waals surface area contributed by atoms with E-state index in [-0.39, 0.29) is 0 Å². The van der Waals surface area contributed by atoms with E-state index in [1.165, 1.54) is 7.11 Å². The molecular formula is C9H11NO3. The molecule has 0 saturated heterocycles. The predicted octanol–water partition coefficient (Wildman–Crippen LogP) is 1.28. The average Bonchev–Trinajstić information content (AvgIpc) is 2.16. The SMILES string of the molecule is COc1cccnc1[C@@H](C)C(=O)O. The van der Waals surface area contributed by atoms with Crippen LogP contribution in [0, 0.1) is 0 Å². The Bertz CT molecular complexity index is 311. The normalized spacial score (nSPS) is 12.2. The van der Waals surface area contributed by atoms with Gasteiger partial charge in [-0.3, -0.25) is 9.78 Å². The Hall–Kier alpha value is -1.58. The van der Waals surface area contributed by atoms with Gasteiger partial charge in [0, 0.05) is 6.20 Å². The van der Waals surface area contributed by atoms with Gasteiger partial charge in [0.25, 0.3) is 0 Å². The highest BCUT2D eigenvalue weighted by molar-refractivity contribution is 5.75. The summed E-state index contributed by atoms with van der Waals surface area (Å²) in [6.07, 6.45) is 1.55. The quantitative estimate of drug-likeness (QED) is 0.763. The molecule has 1 aromatic heterocycles. The summed E-state index contributed by atoms with van der Waals surface area (Å²) in [4.78, 5) is 14.6. The van der Waals surface area contributed by atoms with Gasteiger partial charge in [-0.15, -0.1) is 0 Å². The fourth-order valence-corrected chi connectivity index (χ4v) is 1.02. The highest BCUT2D eigenvalue weighted by atomic mass is 16.5. The van der Waals surface area contributed by atoms with Crippen molar-refractivity contribution >= 4 is 5.97 Å². The molecule has 0 spiro atoms. The van der Waals surface area contributed by atoms with E-state index in [0.717, 1.165) is 0 Å². The van der Waals surface area contributed by atoms with Crippen molar-refractivity contribution in [1.29, 1.82) is 0 Å². The Morgan fingerprint density at radius 2 is 2.38 bits per heavy atom. The van der Waals surface area contributed by atoms with Crippen LogP contribution in [0.5, 0.6) is 5.75 Å². The molecule has 0 aromatic carbocycles. The van der Waals surface area contributed by atoms with E-state index >= 15 is 0 Å². The Morgan fingerprint density at radius 3 is 2.92 bits per heavy atom. The second-order valence-electron chi connectivity index (χ2n) is 2.65. The van der Waals surface area contributed by atoms with Crippen LogP contribution >= 0.6 is 0 Å². The van der Waals surface area contributed by atoms with Crippen LogP contribution in [-0.4, -0.2) is 23.2 Å². The van der Waals surface area contributed by atoms with Gasteiger partial charge in [-0.1, -0.05) is 0 Å². The molecule has 0 amide bonds. The number of hydrogen-bond donors (Lipinski definition) is 1. The summed E-state index contributed by atoms with van der Waals surface area (Å²) in [6.45, 7) is 1.58. The third kappa shape index (κ3) is 1.96. The first-order chi connectivity index (χ1) is 6.16. The molecule has 0 saturated carbocycles. The van der Waals surface area contributed by atoms with Gasteiger partial charge in [0.15, 0.2) is 0 Å². The van der Waals surface area contributed by atoms with Gasteiger partial charge in [-0.25, -0.2) is 0 Å². The lowest BCUT2D eigenvalue weighted by atomic mass is 10.1. The molecule has 4 heteroatoms. The first kappa shape index (κ1) is 9.51. The molecule has 0 radical (unpaired) electrons. The van der Waals surface area contributed by atoms with Crippen LogP contribution in [0.1, 0.15) is 18.5 Å². The maximum Gasteiger partial charge on any atom is 0.312 e. The third-order valence-corrected chi connectivity index (χ3v) is 1.80. The summed E-state index contributed by atoms with van der Waals surface area (Å²) in [5.41, 5.74) is 0.456. The average molecular weight is 181 g/mol. The number of nitrogens with zero attached hydrogens (tertiary/aromatic N) is 1. The fourth-order valence-electron chi connectivity index (χ4n) is 1.02. The topological polar surface area (TPSA) is 59.4 Å². The molecule has 0 aliphatic carbocycles. The van der Waals surface area contributed by atoms with Crippen LogP contribution < -0.4 is 4.74 Å². The first-order valence-electron chi connectivity index (χ1n) is 3.88. The molecule has 0 bridgehead atoms. The van der Waals surface area contributed by atoms with Crippen LogP contribution in [0.2, 0.25) is 0 Å². The highest BCUT2D eigenvalue weighted by Crippen LogP contribution is 2.23. The predicted molar refractivity (Wildman–Crippen MR) is 46.8 cm³/mol. The largest absolute Gasteiger partial charge is 0.495 e. The maximum absolute atomic E-state index is 10.7. The summed E-state index contributed by atoms with van der Waals surface area (Å²) in [5, 5.41) is 8.76. The third-order valence-electron chi connectivity index (χ3n) is 1.80. The number of carboxylic acid groups (broad SMARTS) is 1. The molecule has 1 atom stereocenters. The van der Waals surface area contributed by atoms with E-state index in [2.05, 4.69) is 4.98 Å². The van der Waals surface area contributed by atoms with Crippen molar-refractivity contribution in [3.05, 3.63) is 24.0 Å². The summed E-state index contributed by atoms with van der Waals surface area (Å²) < 4.78 is 4.99. The molecule has 0 fully saturated rings. The van der Waals surface area contributed by atoms with Crippen molar-refractivity contribution < 1.29 is 14.6 Å². The molecule has 1 N–H and O–H groups in total. The molecule has 1 heterocycles. The van der Waals surface area contributed by atoms with Crippen molar-refractivity contribution in [3.63, 3.8) is 0 Å². The lowest BCUT2D eigenvalue weighted by Crippen LogP contribution is -2.10. The van der Waals surface area contributed by atoms with E-state index in [4.69, 9.17) is 9.84 Å². The van der Waals surface area contributed by atoms with Crippen molar-refractivity contribution in [2.45, 2.75) is 12.8 Å². The Morgan fingerprint density at radius 1 is 1.69 bits per heavy atom. The van der Waals surface area contributed by atoms with Gasteiger partial charge in [-0.05, 0) is 19.1 Å². The summed E-state index contributed by atoms with van der Waals surface area (Å²) in [5.74, 6) is -1.04. The Kier molecular flexibility index (Phi) is 2.84. The van der Waals surface area contributed by atoms with Crippen molar-refractivity contribution in [2.75, 3.05) is 7.11 Å². The second-order valence-corrected chi connectivity index (χ2v) is 2.65. The standard InChI is InChI=1S/C9H11NO3/c1-6(9(11)12)8-7(13-2)4-3-5-10-8/h3-6H,1-2H3,(H,11,12)/t6-/m1/s1. The van der Waals surface area contributed by atoms with E-state index in [1.807, 2.05) is 0 Å². The van der Waals surface area contributed by atoms with Gasteiger partial charge >= 0.3 is 5.97 Å². The van der Waals surface area contributed by atoms with Gasteiger partial charge in [-0.2, -0.15) is 0 Å². The number of methoxy groups -OCH3 is 1. The molecule has 1 aromatic rings. The molecule has 1 rings (SSSR count). The monoisotopic (exact) mass is 181 g/mol. The number of aromatic nitrogens is 1. The van der Waals surface area contributed by atoms with Crippen LogP contribution in [0.4, 0.5) is 0 Å². The van der Waals surface area contributed by atoms with Crippen LogP contribution in [0.15, 0.2) is 18.3 Å². The molecule has 70 valence electrons. The van der Waals surface area contributed by atoms with Gasteiger partial charge in [0.2, 0.25) is 0 Å². The lowest BCUT2D eigenvalue weighted by Gasteiger charge is -2.09. The number of pyridine rings is 1. The van der Waals surface area contributed by atoms with E-state index in [1.54, 1.807) is 25.3 Å². The maximum atomic E-state index is 10.7. The number of carbonyl (C=O) groups is 1. The summed E-state index contributed by atoms with van der Waals surface area (Å²) in [6, 6.07) is 3.40. The second kappa shape index (κ2) is 3.89. The zero-order valence-corrected chi connectivity index (χ0v) is 7.52. The van der Waals surface area contributed by atoms with Crippen molar-refractivity contribution in [1.82, 2.24) is 4.98 Å². The van der Waals surface area contributed by atoms with Gasteiger partial charge in [0.1, 0.15) is 5.75 Å². The molecule has 4 nitrogen and oxygen atoms in total. The Labute approximate surface area is 76.2 Å². The summed E-state index contributed by atoms with van der Waals surface area (Å²) in [7, 11) is 1.50.